The van der Waals surface area contributed by atoms with Gasteiger partial charge in [0.25, 0.3) is 0 Å². The van der Waals surface area contributed by atoms with E-state index in [1.54, 1.807) is 0 Å². The van der Waals surface area contributed by atoms with Gasteiger partial charge >= 0.3 is 5.97 Å². The SMILES string of the molecule is CC1CCC(OC(=O)CCl)CC1. The zero-order valence-corrected chi connectivity index (χ0v) is 8.14. The van der Waals surface area contributed by atoms with E-state index in [9.17, 15) is 4.79 Å². The van der Waals surface area contributed by atoms with Gasteiger partial charge in [0, 0.05) is 0 Å². The summed E-state index contributed by atoms with van der Waals surface area (Å²) in [6.07, 6.45) is 4.47. The van der Waals surface area contributed by atoms with Gasteiger partial charge in [-0.25, -0.2) is 0 Å². The first-order chi connectivity index (χ1) is 5.72. The van der Waals surface area contributed by atoms with E-state index >= 15 is 0 Å². The van der Waals surface area contributed by atoms with Gasteiger partial charge in [0.1, 0.15) is 12.0 Å². The Morgan fingerprint density at radius 2 is 2.00 bits per heavy atom. The summed E-state index contributed by atoms with van der Waals surface area (Å²) in [4.78, 5) is 10.8. The first-order valence-corrected chi connectivity index (χ1v) is 5.01. The molecule has 1 aliphatic rings. The third-order valence-corrected chi connectivity index (χ3v) is 2.59. The molecular weight excluding hydrogens is 176 g/mol. The van der Waals surface area contributed by atoms with E-state index in [-0.39, 0.29) is 18.0 Å². The predicted molar refractivity (Wildman–Crippen MR) is 48.2 cm³/mol. The molecule has 0 aromatic carbocycles. The van der Waals surface area contributed by atoms with Crippen molar-refractivity contribution in [1.29, 1.82) is 0 Å². The van der Waals surface area contributed by atoms with Crippen LogP contribution in [0.15, 0.2) is 0 Å². The Hall–Kier alpha value is -0.240. The van der Waals surface area contributed by atoms with Crippen molar-refractivity contribution in [3.63, 3.8) is 0 Å². The van der Waals surface area contributed by atoms with Gasteiger partial charge < -0.3 is 4.74 Å². The number of ether oxygens (including phenoxy) is 1. The molecule has 0 bridgehead atoms. The number of carbonyl (C=O) groups is 1. The lowest BCUT2D eigenvalue weighted by Gasteiger charge is -2.25. The molecule has 3 heteroatoms. The molecule has 1 fully saturated rings. The molecule has 1 rings (SSSR count). The van der Waals surface area contributed by atoms with Gasteiger partial charge in [0.05, 0.1) is 0 Å². The number of alkyl halides is 1. The summed E-state index contributed by atoms with van der Waals surface area (Å²) >= 11 is 5.33. The highest BCUT2D eigenvalue weighted by molar-refractivity contribution is 6.26. The first-order valence-electron chi connectivity index (χ1n) is 4.48. The Kier molecular flexibility index (Phi) is 3.86. The van der Waals surface area contributed by atoms with E-state index in [1.165, 1.54) is 12.8 Å². The second kappa shape index (κ2) is 4.70. The molecule has 0 aliphatic heterocycles. The monoisotopic (exact) mass is 190 g/mol. The fourth-order valence-electron chi connectivity index (χ4n) is 1.56. The van der Waals surface area contributed by atoms with E-state index < -0.39 is 0 Å². The summed E-state index contributed by atoms with van der Waals surface area (Å²) in [5.74, 6) is 0.485. The van der Waals surface area contributed by atoms with Crippen molar-refractivity contribution in [2.24, 2.45) is 5.92 Å². The van der Waals surface area contributed by atoms with Crippen LogP contribution in [0, 0.1) is 5.92 Å². The fourth-order valence-corrected chi connectivity index (χ4v) is 1.63. The molecule has 1 aliphatic carbocycles. The average molecular weight is 191 g/mol. The summed E-state index contributed by atoms with van der Waals surface area (Å²) in [5, 5.41) is 0. The maximum atomic E-state index is 10.8. The molecule has 0 radical (unpaired) electrons. The van der Waals surface area contributed by atoms with Crippen molar-refractivity contribution < 1.29 is 9.53 Å². The Balaban J connectivity index is 2.21. The van der Waals surface area contributed by atoms with Crippen LogP contribution in [0.1, 0.15) is 32.6 Å². The van der Waals surface area contributed by atoms with E-state index in [4.69, 9.17) is 16.3 Å². The van der Waals surface area contributed by atoms with Gasteiger partial charge in [-0.2, -0.15) is 0 Å². The Morgan fingerprint density at radius 3 is 2.50 bits per heavy atom. The Labute approximate surface area is 78.2 Å². The molecule has 2 nitrogen and oxygen atoms in total. The number of halogens is 1. The van der Waals surface area contributed by atoms with Crippen LogP contribution in [0.5, 0.6) is 0 Å². The quantitative estimate of drug-likeness (QED) is 0.494. The number of carbonyl (C=O) groups excluding carboxylic acids is 1. The standard InChI is InChI=1S/C9H15ClO2/c1-7-2-4-8(5-3-7)12-9(11)6-10/h7-8H,2-6H2,1H3. The number of hydrogen-bond acceptors (Lipinski definition) is 2. The van der Waals surface area contributed by atoms with Crippen molar-refractivity contribution in [2.45, 2.75) is 38.7 Å². The van der Waals surface area contributed by atoms with Gasteiger partial charge in [0.15, 0.2) is 0 Å². The Bertz CT molecular complexity index is 151. The highest BCUT2D eigenvalue weighted by Crippen LogP contribution is 2.25. The normalized spacial score (nSPS) is 29.8. The van der Waals surface area contributed by atoms with Crippen molar-refractivity contribution in [2.75, 3.05) is 5.88 Å². The summed E-state index contributed by atoms with van der Waals surface area (Å²) in [6.45, 7) is 2.24. The van der Waals surface area contributed by atoms with Gasteiger partial charge in [-0.05, 0) is 31.6 Å². The largest absolute Gasteiger partial charge is 0.461 e. The van der Waals surface area contributed by atoms with Gasteiger partial charge in [-0.1, -0.05) is 6.92 Å². The fraction of sp³-hybridized carbons (Fsp3) is 0.889. The van der Waals surface area contributed by atoms with E-state index in [0.717, 1.165) is 18.8 Å². The van der Waals surface area contributed by atoms with E-state index in [1.807, 2.05) is 0 Å². The average Bonchev–Trinajstić information content (AvgIpc) is 2.09. The zero-order chi connectivity index (χ0) is 8.97. The second-order valence-electron chi connectivity index (χ2n) is 3.51. The molecule has 12 heavy (non-hydrogen) atoms. The number of rotatable bonds is 2. The topological polar surface area (TPSA) is 26.3 Å². The van der Waals surface area contributed by atoms with Crippen LogP contribution in [0.4, 0.5) is 0 Å². The molecular formula is C9H15ClO2. The highest BCUT2D eigenvalue weighted by Gasteiger charge is 2.20. The molecule has 0 saturated heterocycles. The lowest BCUT2D eigenvalue weighted by molar-refractivity contribution is -0.147. The number of esters is 1. The van der Waals surface area contributed by atoms with Crippen LogP contribution in [-0.4, -0.2) is 18.0 Å². The molecule has 0 heterocycles. The van der Waals surface area contributed by atoms with Crippen LogP contribution < -0.4 is 0 Å². The van der Waals surface area contributed by atoms with Crippen LogP contribution in [-0.2, 0) is 9.53 Å². The molecule has 70 valence electrons. The molecule has 0 atom stereocenters. The molecule has 0 unspecified atom stereocenters. The molecule has 0 aromatic heterocycles. The van der Waals surface area contributed by atoms with Gasteiger partial charge in [-0.3, -0.25) is 4.79 Å². The lowest BCUT2D eigenvalue weighted by Crippen LogP contribution is -2.24. The smallest absolute Gasteiger partial charge is 0.321 e. The van der Waals surface area contributed by atoms with Gasteiger partial charge in [0.2, 0.25) is 0 Å². The number of hydrogen-bond donors (Lipinski definition) is 0. The highest BCUT2D eigenvalue weighted by atomic mass is 35.5. The summed E-state index contributed by atoms with van der Waals surface area (Å²) in [6, 6.07) is 0. The molecule has 0 aromatic rings. The van der Waals surface area contributed by atoms with Gasteiger partial charge in [-0.15, -0.1) is 11.6 Å². The lowest BCUT2D eigenvalue weighted by atomic mass is 9.89. The molecule has 0 N–H and O–H groups in total. The van der Waals surface area contributed by atoms with Crippen molar-refractivity contribution in [3.8, 4) is 0 Å². The second-order valence-corrected chi connectivity index (χ2v) is 3.77. The van der Waals surface area contributed by atoms with Crippen molar-refractivity contribution in [1.82, 2.24) is 0 Å². The van der Waals surface area contributed by atoms with Crippen molar-refractivity contribution >= 4 is 17.6 Å². The predicted octanol–water partition coefficient (Wildman–Crippen LogP) is 2.35. The third kappa shape index (κ3) is 3.02. The zero-order valence-electron chi connectivity index (χ0n) is 7.38. The summed E-state index contributed by atoms with van der Waals surface area (Å²) in [5.41, 5.74) is 0. The molecule has 0 spiro atoms. The summed E-state index contributed by atoms with van der Waals surface area (Å²) < 4.78 is 5.12. The van der Waals surface area contributed by atoms with Crippen LogP contribution in [0.25, 0.3) is 0 Å². The van der Waals surface area contributed by atoms with Crippen LogP contribution >= 0.6 is 11.6 Å². The minimum atomic E-state index is -0.281. The maximum absolute atomic E-state index is 10.8. The Morgan fingerprint density at radius 1 is 1.42 bits per heavy atom. The first kappa shape index (κ1) is 9.85. The van der Waals surface area contributed by atoms with Crippen LogP contribution in [0.3, 0.4) is 0 Å². The van der Waals surface area contributed by atoms with Crippen molar-refractivity contribution in [3.05, 3.63) is 0 Å². The van der Waals surface area contributed by atoms with E-state index in [0.29, 0.717) is 0 Å². The maximum Gasteiger partial charge on any atom is 0.321 e. The third-order valence-electron chi connectivity index (χ3n) is 2.37. The minimum absolute atomic E-state index is 0.0218. The molecule has 1 saturated carbocycles. The molecule has 0 amide bonds. The summed E-state index contributed by atoms with van der Waals surface area (Å²) in [7, 11) is 0. The minimum Gasteiger partial charge on any atom is -0.461 e. The van der Waals surface area contributed by atoms with E-state index in [2.05, 4.69) is 6.92 Å². The van der Waals surface area contributed by atoms with Crippen LogP contribution in [0.2, 0.25) is 0 Å².